The molecule has 70 valence electrons. The fraction of sp³-hybridized carbons (Fsp3) is 0.125. The van der Waals surface area contributed by atoms with Gasteiger partial charge in [0.2, 0.25) is 0 Å². The standard InChI is InChI=1S/C8H9N3S.ClH/c1-11-5-2-3-12-7(5)4-6(11)8(9)10;/h2-4H,1H3,(H3,9,10);1H. The van der Waals surface area contributed by atoms with Crippen LogP contribution in [0.25, 0.3) is 10.2 Å². The van der Waals surface area contributed by atoms with E-state index in [0.29, 0.717) is 0 Å². The summed E-state index contributed by atoms with van der Waals surface area (Å²) in [5.41, 5.74) is 7.34. The summed E-state index contributed by atoms with van der Waals surface area (Å²) in [5, 5.41) is 9.35. The number of thiophene rings is 1. The summed E-state index contributed by atoms with van der Waals surface area (Å²) in [6.07, 6.45) is 0. The van der Waals surface area contributed by atoms with Crippen molar-refractivity contribution in [3.63, 3.8) is 0 Å². The minimum atomic E-state index is 0. The Kier molecular flexibility index (Phi) is 2.63. The van der Waals surface area contributed by atoms with E-state index in [4.69, 9.17) is 11.1 Å². The zero-order chi connectivity index (χ0) is 8.72. The van der Waals surface area contributed by atoms with Crippen molar-refractivity contribution in [3.05, 3.63) is 23.2 Å². The summed E-state index contributed by atoms with van der Waals surface area (Å²) in [6, 6.07) is 3.98. The van der Waals surface area contributed by atoms with Crippen molar-refractivity contribution in [3.8, 4) is 0 Å². The van der Waals surface area contributed by atoms with Gasteiger partial charge >= 0.3 is 0 Å². The van der Waals surface area contributed by atoms with Crippen molar-refractivity contribution >= 4 is 39.8 Å². The van der Waals surface area contributed by atoms with Crippen LogP contribution in [0.3, 0.4) is 0 Å². The van der Waals surface area contributed by atoms with Crippen molar-refractivity contribution in [2.75, 3.05) is 0 Å². The van der Waals surface area contributed by atoms with E-state index in [0.717, 1.165) is 11.2 Å². The average molecular weight is 216 g/mol. The quantitative estimate of drug-likeness (QED) is 0.555. The number of aromatic nitrogens is 1. The third-order valence-corrected chi connectivity index (χ3v) is 2.79. The lowest BCUT2D eigenvalue weighted by atomic mass is 10.4. The fourth-order valence-electron chi connectivity index (χ4n) is 1.31. The van der Waals surface area contributed by atoms with Crippen LogP contribution in [0, 0.1) is 5.41 Å². The van der Waals surface area contributed by atoms with Gasteiger partial charge in [0.1, 0.15) is 5.84 Å². The van der Waals surface area contributed by atoms with Crippen LogP contribution in [0.2, 0.25) is 0 Å². The number of fused-ring (bicyclic) bond motifs is 1. The molecule has 3 nitrogen and oxygen atoms in total. The number of aryl methyl sites for hydroxylation is 1. The summed E-state index contributed by atoms with van der Waals surface area (Å²) in [5.74, 6) is 0.126. The van der Waals surface area contributed by atoms with Gasteiger partial charge in [0.05, 0.1) is 15.9 Å². The Hall–Kier alpha value is -1.00. The minimum absolute atomic E-state index is 0. The van der Waals surface area contributed by atoms with Crippen LogP contribution in [0.1, 0.15) is 5.69 Å². The molecule has 3 N–H and O–H groups in total. The van der Waals surface area contributed by atoms with Gasteiger partial charge in [0, 0.05) is 7.05 Å². The SMILES string of the molecule is Cl.Cn1c(C(=N)N)cc2sccc21. The van der Waals surface area contributed by atoms with E-state index in [9.17, 15) is 0 Å². The molecule has 0 aliphatic heterocycles. The van der Waals surface area contributed by atoms with Gasteiger partial charge < -0.3 is 10.3 Å². The van der Waals surface area contributed by atoms with E-state index in [-0.39, 0.29) is 18.2 Å². The highest BCUT2D eigenvalue weighted by Gasteiger charge is 2.07. The molecule has 2 heterocycles. The second kappa shape index (κ2) is 3.40. The highest BCUT2D eigenvalue weighted by molar-refractivity contribution is 7.17. The highest BCUT2D eigenvalue weighted by Crippen LogP contribution is 2.23. The molecular weight excluding hydrogens is 206 g/mol. The summed E-state index contributed by atoms with van der Waals surface area (Å²) in [4.78, 5) is 0. The normalized spacial score (nSPS) is 9.92. The maximum atomic E-state index is 7.31. The molecule has 0 radical (unpaired) electrons. The second-order valence-corrected chi connectivity index (χ2v) is 3.62. The Morgan fingerprint density at radius 1 is 1.62 bits per heavy atom. The molecule has 0 unspecified atom stereocenters. The van der Waals surface area contributed by atoms with E-state index in [1.165, 1.54) is 4.70 Å². The summed E-state index contributed by atoms with van der Waals surface area (Å²) >= 11 is 1.67. The van der Waals surface area contributed by atoms with Gasteiger partial charge in [0.15, 0.2) is 0 Å². The predicted molar refractivity (Wildman–Crippen MR) is 59.1 cm³/mol. The number of nitrogens with one attached hydrogen (secondary N) is 1. The number of rotatable bonds is 1. The Bertz CT molecular complexity index is 443. The Balaban J connectivity index is 0.000000845. The molecule has 2 rings (SSSR count). The van der Waals surface area contributed by atoms with Gasteiger partial charge in [-0.25, -0.2) is 0 Å². The van der Waals surface area contributed by atoms with Gasteiger partial charge in [-0.1, -0.05) is 0 Å². The van der Waals surface area contributed by atoms with Crippen molar-refractivity contribution in [1.82, 2.24) is 4.57 Å². The smallest absolute Gasteiger partial charge is 0.139 e. The zero-order valence-corrected chi connectivity index (χ0v) is 8.71. The number of nitrogens with zero attached hydrogens (tertiary/aromatic N) is 1. The topological polar surface area (TPSA) is 54.8 Å². The van der Waals surface area contributed by atoms with Crippen molar-refractivity contribution < 1.29 is 0 Å². The lowest BCUT2D eigenvalue weighted by Gasteiger charge is -1.99. The number of halogens is 1. The molecule has 5 heteroatoms. The average Bonchev–Trinajstić information content (AvgIpc) is 2.53. The fourth-order valence-corrected chi connectivity index (χ4v) is 2.16. The molecule has 0 aliphatic carbocycles. The number of hydrogen-bond acceptors (Lipinski definition) is 2. The second-order valence-electron chi connectivity index (χ2n) is 2.67. The number of nitrogens with two attached hydrogens (primary N) is 1. The third kappa shape index (κ3) is 1.43. The van der Waals surface area contributed by atoms with Crippen molar-refractivity contribution in [2.24, 2.45) is 12.8 Å². The molecule has 2 aromatic rings. The Labute approximate surface area is 86.1 Å². The summed E-state index contributed by atoms with van der Waals surface area (Å²) < 4.78 is 3.12. The molecular formula is C8H10ClN3S. The van der Waals surface area contributed by atoms with Gasteiger partial charge in [-0.3, -0.25) is 5.41 Å². The largest absolute Gasteiger partial charge is 0.382 e. The van der Waals surface area contributed by atoms with E-state index in [1.807, 2.05) is 29.1 Å². The first-order valence-electron chi connectivity index (χ1n) is 3.57. The number of nitrogen functional groups attached to an aromatic ring is 1. The first kappa shape index (κ1) is 10.1. The Morgan fingerprint density at radius 2 is 2.31 bits per heavy atom. The van der Waals surface area contributed by atoms with Crippen LogP contribution in [0.4, 0.5) is 0 Å². The van der Waals surface area contributed by atoms with Crippen LogP contribution in [-0.4, -0.2) is 10.4 Å². The molecule has 0 saturated carbocycles. The predicted octanol–water partition coefficient (Wildman–Crippen LogP) is 1.95. The highest BCUT2D eigenvalue weighted by atomic mass is 35.5. The van der Waals surface area contributed by atoms with E-state index in [1.54, 1.807) is 11.3 Å². The molecule has 2 aromatic heterocycles. The van der Waals surface area contributed by atoms with E-state index < -0.39 is 0 Å². The lowest BCUT2D eigenvalue weighted by molar-refractivity contribution is 0.950. The van der Waals surface area contributed by atoms with Crippen LogP contribution in [-0.2, 0) is 7.05 Å². The van der Waals surface area contributed by atoms with Crippen molar-refractivity contribution in [2.45, 2.75) is 0 Å². The first-order chi connectivity index (χ1) is 5.70. The van der Waals surface area contributed by atoms with Gasteiger partial charge in [-0.05, 0) is 17.5 Å². The monoisotopic (exact) mass is 215 g/mol. The number of hydrogen-bond donors (Lipinski definition) is 2. The maximum absolute atomic E-state index is 7.31. The molecule has 0 fully saturated rings. The van der Waals surface area contributed by atoms with Crippen molar-refractivity contribution in [1.29, 1.82) is 5.41 Å². The molecule has 0 atom stereocenters. The van der Waals surface area contributed by atoms with Crippen LogP contribution in [0.15, 0.2) is 17.5 Å². The molecule has 0 aromatic carbocycles. The first-order valence-corrected chi connectivity index (χ1v) is 4.45. The molecule has 0 spiro atoms. The molecule has 0 bridgehead atoms. The van der Waals surface area contributed by atoms with Gasteiger partial charge in [0.25, 0.3) is 0 Å². The minimum Gasteiger partial charge on any atom is -0.382 e. The molecule has 0 aliphatic rings. The summed E-state index contributed by atoms with van der Waals surface area (Å²) in [7, 11) is 1.92. The number of amidine groups is 1. The lowest BCUT2D eigenvalue weighted by Crippen LogP contribution is -2.14. The van der Waals surface area contributed by atoms with Crippen LogP contribution in [0.5, 0.6) is 0 Å². The third-order valence-electron chi connectivity index (χ3n) is 1.94. The van der Waals surface area contributed by atoms with E-state index >= 15 is 0 Å². The van der Waals surface area contributed by atoms with E-state index in [2.05, 4.69) is 0 Å². The van der Waals surface area contributed by atoms with Crippen LogP contribution >= 0.6 is 23.7 Å². The van der Waals surface area contributed by atoms with Gasteiger partial charge in [-0.15, -0.1) is 23.7 Å². The molecule has 13 heavy (non-hydrogen) atoms. The summed E-state index contributed by atoms with van der Waals surface area (Å²) in [6.45, 7) is 0. The van der Waals surface area contributed by atoms with Gasteiger partial charge in [-0.2, -0.15) is 0 Å². The Morgan fingerprint density at radius 3 is 2.85 bits per heavy atom. The van der Waals surface area contributed by atoms with Crippen LogP contribution < -0.4 is 5.73 Å². The molecule has 0 amide bonds. The zero-order valence-electron chi connectivity index (χ0n) is 7.07. The maximum Gasteiger partial charge on any atom is 0.139 e. The molecule has 0 saturated heterocycles.